The number of aromatic amines is 1. The molecule has 0 saturated carbocycles. The van der Waals surface area contributed by atoms with Crippen LogP contribution in [0.4, 0.5) is 11.5 Å². The molecule has 1 heterocycles. The van der Waals surface area contributed by atoms with Gasteiger partial charge in [0.15, 0.2) is 5.69 Å². The summed E-state index contributed by atoms with van der Waals surface area (Å²) < 4.78 is 1.32. The average Bonchev–Trinajstić information content (AvgIpc) is 3.27. The predicted octanol–water partition coefficient (Wildman–Crippen LogP) is 3.28. The fourth-order valence-corrected chi connectivity index (χ4v) is 4.51. The van der Waals surface area contributed by atoms with Gasteiger partial charge >= 0.3 is 5.69 Å². The van der Waals surface area contributed by atoms with Crippen molar-refractivity contribution in [2.45, 2.75) is 52.5 Å². The van der Waals surface area contributed by atoms with Gasteiger partial charge in [-0.2, -0.15) is 0 Å². The van der Waals surface area contributed by atoms with E-state index in [0.29, 0.717) is 18.9 Å². The SMILES string of the molecule is CC(C)CCN(C(=O)Cc1ccc2c(c1)CCC2)c1c(N)n(Cc2ccccc2)c(=O)[nH]c1=O. The number of anilines is 2. The Labute approximate surface area is 199 Å². The van der Waals surface area contributed by atoms with Gasteiger partial charge in [-0.25, -0.2) is 4.79 Å². The topological polar surface area (TPSA) is 101 Å². The summed E-state index contributed by atoms with van der Waals surface area (Å²) in [6.07, 6.45) is 4.13. The standard InChI is InChI=1S/C27H32N4O3/c1-18(2)13-14-30(23(32)16-20-11-12-21-9-6-10-22(21)15-20)24-25(28)31(27(34)29-26(24)33)17-19-7-4-3-5-8-19/h3-5,7-8,11-12,15,18H,6,9-10,13-14,16-17,28H2,1-2H3,(H,29,33,34). The minimum absolute atomic E-state index is 0.00339. The third-order valence-corrected chi connectivity index (χ3v) is 6.42. The van der Waals surface area contributed by atoms with Crippen LogP contribution in [-0.2, 0) is 30.6 Å². The molecule has 178 valence electrons. The zero-order valence-corrected chi connectivity index (χ0v) is 19.8. The van der Waals surface area contributed by atoms with Crippen molar-refractivity contribution in [1.82, 2.24) is 9.55 Å². The van der Waals surface area contributed by atoms with Crippen LogP contribution in [0.3, 0.4) is 0 Å². The number of carbonyl (C=O) groups excluding carboxylic acids is 1. The van der Waals surface area contributed by atoms with Crippen LogP contribution in [0.25, 0.3) is 0 Å². The Balaban J connectivity index is 1.70. The van der Waals surface area contributed by atoms with Crippen LogP contribution in [-0.4, -0.2) is 22.0 Å². The first-order valence-corrected chi connectivity index (χ1v) is 11.9. The summed E-state index contributed by atoms with van der Waals surface area (Å²) in [7, 11) is 0. The number of aromatic nitrogens is 2. The zero-order valence-electron chi connectivity index (χ0n) is 19.8. The van der Waals surface area contributed by atoms with Gasteiger partial charge in [0.05, 0.1) is 13.0 Å². The van der Waals surface area contributed by atoms with Crippen LogP contribution >= 0.6 is 0 Å². The molecule has 7 nitrogen and oxygen atoms in total. The Kier molecular flexibility index (Phi) is 7.01. The van der Waals surface area contributed by atoms with Gasteiger partial charge in [-0.05, 0) is 53.9 Å². The number of hydrogen-bond acceptors (Lipinski definition) is 4. The molecule has 0 bridgehead atoms. The van der Waals surface area contributed by atoms with E-state index in [1.54, 1.807) is 0 Å². The summed E-state index contributed by atoms with van der Waals surface area (Å²) in [5.41, 5.74) is 9.64. The zero-order chi connectivity index (χ0) is 24.2. The Morgan fingerprint density at radius 3 is 2.53 bits per heavy atom. The second-order valence-electron chi connectivity index (χ2n) is 9.43. The number of amides is 1. The van der Waals surface area contributed by atoms with Crippen molar-refractivity contribution < 1.29 is 4.79 Å². The maximum atomic E-state index is 13.5. The highest BCUT2D eigenvalue weighted by Crippen LogP contribution is 2.25. The van der Waals surface area contributed by atoms with E-state index < -0.39 is 11.2 Å². The van der Waals surface area contributed by atoms with Gasteiger partial charge in [-0.3, -0.25) is 19.1 Å². The number of hydrogen-bond donors (Lipinski definition) is 2. The van der Waals surface area contributed by atoms with E-state index in [1.165, 1.54) is 20.6 Å². The maximum Gasteiger partial charge on any atom is 0.330 e. The van der Waals surface area contributed by atoms with E-state index in [-0.39, 0.29) is 30.4 Å². The van der Waals surface area contributed by atoms with Crippen molar-refractivity contribution >= 4 is 17.4 Å². The summed E-state index contributed by atoms with van der Waals surface area (Å²) >= 11 is 0. The van der Waals surface area contributed by atoms with Gasteiger partial charge in [-0.15, -0.1) is 0 Å². The summed E-state index contributed by atoms with van der Waals surface area (Å²) in [4.78, 5) is 42.9. The molecule has 3 aromatic rings. The van der Waals surface area contributed by atoms with Crippen LogP contribution in [0.15, 0.2) is 58.1 Å². The van der Waals surface area contributed by atoms with Gasteiger partial charge < -0.3 is 10.6 Å². The van der Waals surface area contributed by atoms with E-state index >= 15 is 0 Å². The number of nitrogens with zero attached hydrogens (tertiary/aromatic N) is 2. The molecule has 4 rings (SSSR count). The van der Waals surface area contributed by atoms with E-state index in [2.05, 4.69) is 31.0 Å². The smallest absolute Gasteiger partial charge is 0.330 e. The van der Waals surface area contributed by atoms with Gasteiger partial charge in [0, 0.05) is 6.54 Å². The van der Waals surface area contributed by atoms with Crippen LogP contribution in [0.2, 0.25) is 0 Å². The Hall–Kier alpha value is -3.61. The first kappa shape index (κ1) is 23.5. The fourth-order valence-electron chi connectivity index (χ4n) is 4.51. The Bertz CT molecular complexity index is 1290. The Morgan fingerprint density at radius 2 is 1.79 bits per heavy atom. The van der Waals surface area contributed by atoms with Crippen molar-refractivity contribution in [3.8, 4) is 0 Å². The molecule has 0 fully saturated rings. The molecular weight excluding hydrogens is 428 g/mol. The highest BCUT2D eigenvalue weighted by atomic mass is 16.2. The molecule has 3 N–H and O–H groups in total. The Morgan fingerprint density at radius 1 is 1.06 bits per heavy atom. The molecule has 2 aromatic carbocycles. The third kappa shape index (κ3) is 5.14. The van der Waals surface area contributed by atoms with Crippen molar-refractivity contribution in [3.05, 3.63) is 91.6 Å². The number of benzene rings is 2. The lowest BCUT2D eigenvalue weighted by atomic mass is 10.0. The van der Waals surface area contributed by atoms with Crippen LogP contribution in [0.1, 0.15) is 48.9 Å². The van der Waals surface area contributed by atoms with Crippen molar-refractivity contribution in [3.63, 3.8) is 0 Å². The number of aryl methyl sites for hydroxylation is 2. The van der Waals surface area contributed by atoms with Gasteiger partial charge in [0.1, 0.15) is 5.82 Å². The minimum Gasteiger partial charge on any atom is -0.383 e. The van der Waals surface area contributed by atoms with Crippen LogP contribution < -0.4 is 21.9 Å². The molecule has 7 heteroatoms. The first-order valence-electron chi connectivity index (χ1n) is 11.9. The van der Waals surface area contributed by atoms with Crippen molar-refractivity contribution in [2.75, 3.05) is 17.2 Å². The highest BCUT2D eigenvalue weighted by molar-refractivity contribution is 5.96. The maximum absolute atomic E-state index is 13.5. The van der Waals surface area contributed by atoms with Crippen molar-refractivity contribution in [1.29, 1.82) is 0 Å². The van der Waals surface area contributed by atoms with Crippen LogP contribution in [0, 0.1) is 5.92 Å². The largest absolute Gasteiger partial charge is 0.383 e. The minimum atomic E-state index is -0.641. The lowest BCUT2D eigenvalue weighted by Gasteiger charge is -2.25. The lowest BCUT2D eigenvalue weighted by molar-refractivity contribution is -0.118. The number of fused-ring (bicyclic) bond motifs is 1. The van der Waals surface area contributed by atoms with E-state index in [1.807, 2.05) is 36.4 Å². The average molecular weight is 461 g/mol. The van der Waals surface area contributed by atoms with E-state index in [4.69, 9.17) is 5.73 Å². The molecule has 0 atom stereocenters. The van der Waals surface area contributed by atoms with Gasteiger partial charge in [0.25, 0.3) is 5.56 Å². The predicted molar refractivity (Wildman–Crippen MR) is 135 cm³/mol. The quantitative estimate of drug-likeness (QED) is 0.539. The highest BCUT2D eigenvalue weighted by Gasteiger charge is 2.25. The van der Waals surface area contributed by atoms with E-state index in [9.17, 15) is 14.4 Å². The number of H-pyrrole nitrogens is 1. The van der Waals surface area contributed by atoms with E-state index in [0.717, 1.165) is 30.4 Å². The van der Waals surface area contributed by atoms with Crippen LogP contribution in [0.5, 0.6) is 0 Å². The van der Waals surface area contributed by atoms with Gasteiger partial charge in [0.2, 0.25) is 5.91 Å². The summed E-state index contributed by atoms with van der Waals surface area (Å²) in [6.45, 7) is 4.67. The molecule has 34 heavy (non-hydrogen) atoms. The number of nitrogen functional groups attached to an aromatic ring is 1. The summed E-state index contributed by atoms with van der Waals surface area (Å²) in [6, 6.07) is 15.6. The lowest BCUT2D eigenvalue weighted by Crippen LogP contribution is -2.42. The molecule has 1 aliphatic rings. The molecule has 0 unspecified atom stereocenters. The fraction of sp³-hybridized carbons (Fsp3) is 0.370. The summed E-state index contributed by atoms with van der Waals surface area (Å²) in [5.74, 6) is 0.121. The number of rotatable bonds is 8. The molecule has 1 aliphatic carbocycles. The number of carbonyl (C=O) groups is 1. The summed E-state index contributed by atoms with van der Waals surface area (Å²) in [5, 5.41) is 0. The monoisotopic (exact) mass is 460 g/mol. The van der Waals surface area contributed by atoms with Gasteiger partial charge in [-0.1, -0.05) is 62.4 Å². The second kappa shape index (κ2) is 10.1. The number of nitrogens with two attached hydrogens (primary N) is 1. The molecule has 0 aliphatic heterocycles. The second-order valence-corrected chi connectivity index (χ2v) is 9.43. The normalized spacial score (nSPS) is 12.7. The van der Waals surface area contributed by atoms with Crippen molar-refractivity contribution in [2.24, 2.45) is 5.92 Å². The third-order valence-electron chi connectivity index (χ3n) is 6.42. The molecule has 0 spiro atoms. The molecule has 1 amide bonds. The molecular formula is C27H32N4O3. The first-order chi connectivity index (χ1) is 16.3. The molecule has 0 radical (unpaired) electrons. The number of nitrogens with one attached hydrogen (secondary N) is 1. The molecule has 0 saturated heterocycles. The molecule has 1 aromatic heterocycles.